The summed E-state index contributed by atoms with van der Waals surface area (Å²) in [5, 5.41) is 13.0. The van der Waals surface area contributed by atoms with Gasteiger partial charge in [0.25, 0.3) is 0 Å². The van der Waals surface area contributed by atoms with Gasteiger partial charge in [0, 0.05) is 26.9 Å². The first-order chi connectivity index (χ1) is 9.92. The summed E-state index contributed by atoms with van der Waals surface area (Å²) in [5.41, 5.74) is 9.18. The molecule has 1 heterocycles. The number of hydrogen-bond donors (Lipinski definition) is 2. The quantitative estimate of drug-likeness (QED) is 0.298. The third-order valence-electron chi connectivity index (χ3n) is 3.14. The molecule has 0 amide bonds. The zero-order chi connectivity index (χ0) is 15.6. The number of benzene rings is 1. The van der Waals surface area contributed by atoms with Crippen LogP contribution in [-0.4, -0.2) is 21.0 Å². The van der Waals surface area contributed by atoms with Crippen molar-refractivity contribution in [2.45, 2.75) is 30.8 Å². The van der Waals surface area contributed by atoms with Gasteiger partial charge in [0.2, 0.25) is 0 Å². The topological polar surface area (TPSA) is 84.4 Å². The Morgan fingerprint density at radius 3 is 2.43 bits per heavy atom. The molecule has 3 N–H and O–H groups in total. The lowest BCUT2D eigenvalue weighted by Gasteiger charge is -2.10. The fourth-order valence-corrected chi connectivity index (χ4v) is 2.87. The lowest BCUT2D eigenvalue weighted by Crippen LogP contribution is -2.14. The molecule has 7 heteroatoms. The van der Waals surface area contributed by atoms with Crippen LogP contribution in [0.2, 0.25) is 5.02 Å². The van der Waals surface area contributed by atoms with E-state index < -0.39 is 0 Å². The van der Waals surface area contributed by atoms with Crippen molar-refractivity contribution in [1.82, 2.24) is 9.97 Å². The molecule has 2 aromatic rings. The van der Waals surface area contributed by atoms with Crippen molar-refractivity contribution in [3.05, 3.63) is 45.7 Å². The Morgan fingerprint density at radius 2 is 1.86 bits per heavy atom. The first-order valence-electron chi connectivity index (χ1n) is 6.19. The van der Waals surface area contributed by atoms with E-state index in [1.807, 2.05) is 20.8 Å². The Morgan fingerprint density at radius 1 is 1.24 bits per heavy atom. The van der Waals surface area contributed by atoms with Gasteiger partial charge in [-0.05, 0) is 56.3 Å². The summed E-state index contributed by atoms with van der Waals surface area (Å²) in [7, 11) is 0. The van der Waals surface area contributed by atoms with E-state index in [4.69, 9.17) is 22.5 Å². The fourth-order valence-electron chi connectivity index (χ4n) is 1.73. The maximum Gasteiger partial charge on any atom is 0.192 e. The fraction of sp³-hybridized carbons (Fsp3) is 0.214. The number of nitrogens with zero attached hydrogens (tertiary/aromatic N) is 3. The minimum atomic E-state index is 0.000514. The SMILES string of the molecule is Cc1nc(Sc2ccc(Cl)cc2C(N)=NO)nc(C)c1C. The molecule has 0 saturated carbocycles. The van der Waals surface area contributed by atoms with Crippen molar-refractivity contribution >= 4 is 29.2 Å². The molecule has 110 valence electrons. The second kappa shape index (κ2) is 6.32. The van der Waals surface area contributed by atoms with Crippen LogP contribution in [-0.2, 0) is 0 Å². The van der Waals surface area contributed by atoms with Gasteiger partial charge in [0.1, 0.15) is 0 Å². The van der Waals surface area contributed by atoms with Gasteiger partial charge >= 0.3 is 0 Å². The Labute approximate surface area is 132 Å². The smallest absolute Gasteiger partial charge is 0.192 e. The van der Waals surface area contributed by atoms with Crippen LogP contribution >= 0.6 is 23.4 Å². The number of amidine groups is 1. The number of rotatable bonds is 3. The number of aromatic nitrogens is 2. The van der Waals surface area contributed by atoms with E-state index in [0.29, 0.717) is 15.7 Å². The van der Waals surface area contributed by atoms with Crippen LogP contribution in [0.25, 0.3) is 0 Å². The third-order valence-corrected chi connectivity index (χ3v) is 4.31. The normalized spacial score (nSPS) is 11.7. The van der Waals surface area contributed by atoms with Crippen molar-refractivity contribution in [2.75, 3.05) is 0 Å². The van der Waals surface area contributed by atoms with Crippen LogP contribution in [0.1, 0.15) is 22.5 Å². The standard InChI is InChI=1S/C14H15ClN4OS/c1-7-8(2)17-14(18-9(7)3)21-12-5-4-10(15)6-11(12)13(16)19-20/h4-6,20H,1-3H3,(H2,16,19). The van der Waals surface area contributed by atoms with Crippen LogP contribution in [0.3, 0.4) is 0 Å². The molecular formula is C14H15ClN4OS. The van der Waals surface area contributed by atoms with Crippen LogP contribution in [0, 0.1) is 20.8 Å². The van der Waals surface area contributed by atoms with Crippen molar-refractivity contribution in [1.29, 1.82) is 0 Å². The zero-order valence-corrected chi connectivity index (χ0v) is 13.5. The van der Waals surface area contributed by atoms with Crippen LogP contribution < -0.4 is 5.73 Å². The summed E-state index contributed by atoms with van der Waals surface area (Å²) in [5.74, 6) is 0.000514. The summed E-state index contributed by atoms with van der Waals surface area (Å²) in [6.45, 7) is 5.88. The molecule has 0 saturated heterocycles. The molecule has 0 bridgehead atoms. The predicted octanol–water partition coefficient (Wildman–Crippen LogP) is 3.30. The molecule has 21 heavy (non-hydrogen) atoms. The lowest BCUT2D eigenvalue weighted by atomic mass is 10.2. The monoisotopic (exact) mass is 322 g/mol. The second-order valence-electron chi connectivity index (χ2n) is 4.53. The predicted molar refractivity (Wildman–Crippen MR) is 84.3 cm³/mol. The third kappa shape index (κ3) is 3.46. The average molecular weight is 323 g/mol. The van der Waals surface area contributed by atoms with E-state index in [9.17, 15) is 0 Å². The van der Waals surface area contributed by atoms with Gasteiger partial charge < -0.3 is 10.9 Å². The minimum absolute atomic E-state index is 0.000514. The van der Waals surface area contributed by atoms with Gasteiger partial charge in [0.05, 0.1) is 0 Å². The number of oxime groups is 1. The molecule has 0 spiro atoms. The van der Waals surface area contributed by atoms with Gasteiger partial charge in [-0.25, -0.2) is 9.97 Å². The van der Waals surface area contributed by atoms with Crippen molar-refractivity contribution in [2.24, 2.45) is 10.9 Å². The summed E-state index contributed by atoms with van der Waals surface area (Å²) in [4.78, 5) is 9.68. The summed E-state index contributed by atoms with van der Waals surface area (Å²) < 4.78 is 0. The Balaban J connectivity index is 2.45. The lowest BCUT2D eigenvalue weighted by molar-refractivity contribution is 0.318. The van der Waals surface area contributed by atoms with Gasteiger partial charge in [-0.15, -0.1) is 0 Å². The van der Waals surface area contributed by atoms with E-state index in [-0.39, 0.29) is 5.84 Å². The molecule has 0 radical (unpaired) electrons. The molecule has 1 aromatic heterocycles. The Kier molecular flexibility index (Phi) is 4.69. The largest absolute Gasteiger partial charge is 0.409 e. The summed E-state index contributed by atoms with van der Waals surface area (Å²) >= 11 is 7.31. The zero-order valence-electron chi connectivity index (χ0n) is 11.9. The molecular weight excluding hydrogens is 308 g/mol. The van der Waals surface area contributed by atoms with E-state index in [0.717, 1.165) is 21.8 Å². The van der Waals surface area contributed by atoms with Gasteiger partial charge in [-0.1, -0.05) is 16.8 Å². The summed E-state index contributed by atoms with van der Waals surface area (Å²) in [6, 6.07) is 5.19. The Bertz CT molecular complexity index is 695. The van der Waals surface area contributed by atoms with E-state index in [1.165, 1.54) is 11.8 Å². The highest BCUT2D eigenvalue weighted by Crippen LogP contribution is 2.30. The molecule has 0 unspecified atom stereocenters. The first-order valence-corrected chi connectivity index (χ1v) is 7.39. The number of nitrogens with two attached hydrogens (primary N) is 1. The molecule has 0 aliphatic carbocycles. The van der Waals surface area contributed by atoms with Crippen LogP contribution in [0.4, 0.5) is 0 Å². The minimum Gasteiger partial charge on any atom is -0.409 e. The number of aryl methyl sites for hydroxylation is 2. The molecule has 1 aromatic carbocycles. The van der Waals surface area contributed by atoms with E-state index in [1.54, 1.807) is 18.2 Å². The van der Waals surface area contributed by atoms with Gasteiger partial charge in [-0.3, -0.25) is 0 Å². The summed E-state index contributed by atoms with van der Waals surface area (Å²) in [6.07, 6.45) is 0. The van der Waals surface area contributed by atoms with Crippen molar-refractivity contribution < 1.29 is 5.21 Å². The first kappa shape index (κ1) is 15.6. The molecule has 0 aliphatic rings. The maximum atomic E-state index is 8.87. The highest BCUT2D eigenvalue weighted by molar-refractivity contribution is 7.99. The van der Waals surface area contributed by atoms with E-state index in [2.05, 4.69) is 15.1 Å². The number of hydrogen-bond acceptors (Lipinski definition) is 5. The molecule has 5 nitrogen and oxygen atoms in total. The molecule has 0 atom stereocenters. The van der Waals surface area contributed by atoms with Crippen molar-refractivity contribution in [3.63, 3.8) is 0 Å². The molecule has 0 fully saturated rings. The highest BCUT2D eigenvalue weighted by atomic mass is 35.5. The van der Waals surface area contributed by atoms with Gasteiger partial charge in [-0.2, -0.15) is 0 Å². The van der Waals surface area contributed by atoms with Crippen LogP contribution in [0.15, 0.2) is 33.4 Å². The second-order valence-corrected chi connectivity index (χ2v) is 5.98. The van der Waals surface area contributed by atoms with Crippen LogP contribution in [0.5, 0.6) is 0 Å². The molecule has 2 rings (SSSR count). The van der Waals surface area contributed by atoms with Crippen molar-refractivity contribution in [3.8, 4) is 0 Å². The molecule has 0 aliphatic heterocycles. The highest BCUT2D eigenvalue weighted by Gasteiger charge is 2.12. The number of halogens is 1. The maximum absolute atomic E-state index is 8.87. The Hall–Kier alpha value is -1.79. The average Bonchev–Trinajstić information content (AvgIpc) is 2.45. The van der Waals surface area contributed by atoms with Gasteiger partial charge in [0.15, 0.2) is 11.0 Å². The van der Waals surface area contributed by atoms with E-state index >= 15 is 0 Å².